The van der Waals surface area contributed by atoms with Crippen LogP contribution in [0.25, 0.3) is 33.2 Å². The fourth-order valence-corrected chi connectivity index (χ4v) is 4.18. The van der Waals surface area contributed by atoms with Crippen LogP contribution in [0.4, 0.5) is 5.82 Å². The van der Waals surface area contributed by atoms with E-state index in [1.54, 1.807) is 28.5 Å². The molecule has 4 rings (SSSR count). The zero-order chi connectivity index (χ0) is 26.1. The van der Waals surface area contributed by atoms with Gasteiger partial charge in [0.25, 0.3) is 0 Å². The van der Waals surface area contributed by atoms with Gasteiger partial charge in [-0.1, -0.05) is 12.6 Å². The minimum absolute atomic E-state index is 0.192. The van der Waals surface area contributed by atoms with Crippen LogP contribution < -0.4 is 16.3 Å². The van der Waals surface area contributed by atoms with E-state index < -0.39 is 0 Å². The molecule has 0 bridgehead atoms. The Morgan fingerprint density at radius 1 is 1.28 bits per heavy atom. The smallest absolute Gasteiger partial charge is 0.333 e. The second-order valence-corrected chi connectivity index (χ2v) is 8.67. The first kappa shape index (κ1) is 24.7. The number of ether oxygens (including phenoxy) is 1. The summed E-state index contributed by atoms with van der Waals surface area (Å²) in [4.78, 5) is 24.6. The van der Waals surface area contributed by atoms with Crippen molar-refractivity contribution < 1.29 is 9.84 Å². The molecule has 9 nitrogen and oxygen atoms in total. The summed E-state index contributed by atoms with van der Waals surface area (Å²) in [5, 5.41) is 10.3. The summed E-state index contributed by atoms with van der Waals surface area (Å²) in [6, 6.07) is 9.53. The first-order chi connectivity index (χ1) is 17.2. The topological polar surface area (TPSA) is 111 Å². The van der Waals surface area contributed by atoms with Crippen molar-refractivity contribution in [2.24, 2.45) is 12.8 Å². The summed E-state index contributed by atoms with van der Waals surface area (Å²) >= 11 is 0. The number of imidazole rings is 1. The highest BCUT2D eigenvalue weighted by molar-refractivity contribution is 6.04. The largest absolute Gasteiger partial charge is 0.496 e. The Bertz CT molecular complexity index is 1610. The molecule has 4 aromatic rings. The van der Waals surface area contributed by atoms with Crippen molar-refractivity contribution in [2.45, 2.75) is 6.92 Å². The predicted molar refractivity (Wildman–Crippen MR) is 144 cm³/mol. The molecule has 3 heterocycles. The van der Waals surface area contributed by atoms with E-state index in [4.69, 9.17) is 10.5 Å². The summed E-state index contributed by atoms with van der Waals surface area (Å²) in [5.41, 5.74) is 11.3. The molecule has 0 atom stereocenters. The van der Waals surface area contributed by atoms with E-state index in [9.17, 15) is 9.90 Å². The van der Waals surface area contributed by atoms with Gasteiger partial charge in [0.1, 0.15) is 11.6 Å². The van der Waals surface area contributed by atoms with Crippen molar-refractivity contribution in [2.75, 3.05) is 32.7 Å². The van der Waals surface area contributed by atoms with Crippen LogP contribution in [0.2, 0.25) is 0 Å². The summed E-state index contributed by atoms with van der Waals surface area (Å²) in [5.74, 6) is 1.23. The second-order valence-electron chi connectivity index (χ2n) is 8.67. The van der Waals surface area contributed by atoms with E-state index >= 15 is 0 Å². The normalized spacial score (nSPS) is 12.4. The zero-order valence-electron chi connectivity index (χ0n) is 21.1. The van der Waals surface area contributed by atoms with E-state index in [1.165, 1.54) is 13.3 Å². The molecule has 0 spiro atoms. The molecule has 0 radical (unpaired) electrons. The van der Waals surface area contributed by atoms with Gasteiger partial charge in [-0.2, -0.15) is 0 Å². The molecule has 3 aromatic heterocycles. The molecule has 0 saturated carbocycles. The van der Waals surface area contributed by atoms with Crippen LogP contribution in [0.15, 0.2) is 71.5 Å². The molecular weight excluding hydrogens is 456 g/mol. The van der Waals surface area contributed by atoms with Crippen molar-refractivity contribution in [3.63, 3.8) is 0 Å². The number of aliphatic hydroxyl groups excluding tert-OH is 1. The zero-order valence-corrected chi connectivity index (χ0v) is 21.1. The van der Waals surface area contributed by atoms with Gasteiger partial charge in [-0.3, -0.25) is 14.1 Å². The quantitative estimate of drug-likeness (QED) is 0.305. The molecule has 36 heavy (non-hydrogen) atoms. The standard InChI is InChI=1S/C27H30N6O3/c1-16(15-34)24(36-6)12-19(13-28)18-7-8-21-20(11-18)26-23(14-29-21)32(5)27(35)33(26)22-9-10-25(31(3)4)30-17(22)2/h7-14,34H,1,15,28H2,2-6H3/b19-13+,24-12+. The van der Waals surface area contributed by atoms with Gasteiger partial charge >= 0.3 is 5.69 Å². The van der Waals surface area contributed by atoms with Crippen molar-refractivity contribution in [3.05, 3.63) is 88.5 Å². The molecule has 0 unspecified atom stereocenters. The van der Waals surface area contributed by atoms with Gasteiger partial charge in [0.2, 0.25) is 0 Å². The number of aromatic nitrogens is 4. The highest BCUT2D eigenvalue weighted by Crippen LogP contribution is 2.30. The summed E-state index contributed by atoms with van der Waals surface area (Å²) < 4.78 is 8.65. The van der Waals surface area contributed by atoms with Crippen molar-refractivity contribution in [1.29, 1.82) is 0 Å². The predicted octanol–water partition coefficient (Wildman–Crippen LogP) is 3.03. The third-order valence-corrected chi connectivity index (χ3v) is 6.18. The van der Waals surface area contributed by atoms with E-state index in [0.29, 0.717) is 28.1 Å². The van der Waals surface area contributed by atoms with Crippen LogP contribution in [0, 0.1) is 6.92 Å². The fourth-order valence-electron chi connectivity index (χ4n) is 4.18. The SMILES string of the molecule is C=C(CO)/C(=C\C(=C/N)c1ccc2ncc3c(c2c1)n(-c1ccc(N(C)C)nc1C)c(=O)n3C)OC. The lowest BCUT2D eigenvalue weighted by Gasteiger charge is -2.15. The number of nitrogens with two attached hydrogens (primary N) is 1. The average molecular weight is 487 g/mol. The lowest BCUT2D eigenvalue weighted by Crippen LogP contribution is -2.22. The van der Waals surface area contributed by atoms with E-state index in [2.05, 4.69) is 16.5 Å². The molecule has 0 aliphatic heterocycles. The molecule has 3 N–H and O–H groups in total. The Labute approximate surface area is 209 Å². The van der Waals surface area contributed by atoms with Crippen LogP contribution >= 0.6 is 0 Å². The maximum Gasteiger partial charge on any atom is 0.333 e. The highest BCUT2D eigenvalue weighted by atomic mass is 16.5. The number of hydrogen-bond acceptors (Lipinski definition) is 7. The molecule has 0 amide bonds. The number of benzene rings is 1. The molecule has 186 valence electrons. The summed E-state index contributed by atoms with van der Waals surface area (Å²) in [7, 11) is 7.09. The first-order valence-corrected chi connectivity index (χ1v) is 11.3. The Balaban J connectivity index is 2.01. The summed E-state index contributed by atoms with van der Waals surface area (Å²) in [6.07, 6.45) is 4.89. The molecule has 1 aromatic carbocycles. The number of rotatable bonds is 7. The minimum atomic E-state index is -0.240. The molecule has 0 fully saturated rings. The van der Waals surface area contributed by atoms with Gasteiger partial charge in [-0.25, -0.2) is 9.78 Å². The first-order valence-electron chi connectivity index (χ1n) is 11.3. The number of fused-ring (bicyclic) bond motifs is 3. The molecule has 9 heteroatoms. The number of aryl methyl sites for hydroxylation is 2. The van der Waals surface area contributed by atoms with E-state index in [0.717, 1.165) is 33.5 Å². The Morgan fingerprint density at radius 2 is 2.03 bits per heavy atom. The van der Waals surface area contributed by atoms with Gasteiger partial charge in [-0.05, 0) is 42.8 Å². The van der Waals surface area contributed by atoms with Crippen molar-refractivity contribution in [1.82, 2.24) is 19.1 Å². The Morgan fingerprint density at radius 3 is 2.64 bits per heavy atom. The number of aliphatic hydroxyl groups is 1. The molecule has 0 aliphatic rings. The van der Waals surface area contributed by atoms with Crippen molar-refractivity contribution in [3.8, 4) is 5.69 Å². The average Bonchev–Trinajstić information content (AvgIpc) is 3.14. The molecule has 0 aliphatic carbocycles. The summed E-state index contributed by atoms with van der Waals surface area (Å²) in [6.45, 7) is 5.48. The third kappa shape index (κ3) is 4.14. The van der Waals surface area contributed by atoms with Gasteiger partial charge in [0, 0.05) is 43.9 Å². The number of pyridine rings is 2. The molecule has 0 saturated heterocycles. The lowest BCUT2D eigenvalue weighted by molar-refractivity contribution is 0.273. The van der Waals surface area contributed by atoms with Gasteiger partial charge in [0.15, 0.2) is 0 Å². The van der Waals surface area contributed by atoms with Crippen LogP contribution in [0.3, 0.4) is 0 Å². The monoisotopic (exact) mass is 486 g/mol. The Hall–Kier alpha value is -4.37. The van der Waals surface area contributed by atoms with Crippen LogP contribution in [-0.4, -0.2) is 52.0 Å². The number of nitrogens with zero attached hydrogens (tertiary/aromatic N) is 5. The van der Waals surface area contributed by atoms with E-state index in [1.807, 2.05) is 56.3 Å². The van der Waals surface area contributed by atoms with Gasteiger partial charge in [-0.15, -0.1) is 0 Å². The minimum Gasteiger partial charge on any atom is -0.496 e. The van der Waals surface area contributed by atoms with Crippen LogP contribution in [-0.2, 0) is 11.8 Å². The van der Waals surface area contributed by atoms with Gasteiger partial charge < -0.3 is 20.5 Å². The maximum atomic E-state index is 13.4. The second kappa shape index (κ2) is 9.71. The highest BCUT2D eigenvalue weighted by Gasteiger charge is 2.19. The molecular formula is C27H30N6O3. The maximum absolute atomic E-state index is 13.4. The number of methoxy groups -OCH3 is 1. The van der Waals surface area contributed by atoms with Crippen LogP contribution in [0.5, 0.6) is 0 Å². The van der Waals surface area contributed by atoms with Crippen molar-refractivity contribution >= 4 is 33.3 Å². The number of hydrogen-bond donors (Lipinski definition) is 2. The van der Waals surface area contributed by atoms with Gasteiger partial charge in [0.05, 0.1) is 47.8 Å². The number of allylic oxidation sites excluding steroid dienone is 2. The van der Waals surface area contributed by atoms with Crippen LogP contribution in [0.1, 0.15) is 11.3 Å². The number of anilines is 1. The third-order valence-electron chi connectivity index (χ3n) is 6.18. The van der Waals surface area contributed by atoms with E-state index in [-0.39, 0.29) is 12.3 Å². The fraction of sp³-hybridized carbons (Fsp3) is 0.222. The lowest BCUT2D eigenvalue weighted by atomic mass is 10.0. The Kier molecular flexibility index (Phi) is 6.67.